The summed E-state index contributed by atoms with van der Waals surface area (Å²) in [4.78, 5) is 41.3. The summed E-state index contributed by atoms with van der Waals surface area (Å²) < 4.78 is 13.8. The number of carboxylic acid groups (broad SMARTS) is 1. The molecule has 0 spiro atoms. The Balaban J connectivity index is 0.000000775. The third-order valence-corrected chi connectivity index (χ3v) is 6.96. The summed E-state index contributed by atoms with van der Waals surface area (Å²) in [7, 11) is 0. The second kappa shape index (κ2) is 9.54. The molecule has 0 unspecified atom stereocenters. The molecule has 7 nitrogen and oxygen atoms in total. The molecule has 2 amide bonds. The van der Waals surface area contributed by atoms with E-state index in [9.17, 15) is 14.0 Å². The standard InChI is InChI=1S/C23H26FN3O2.CH2O2/c24-19-4-1-3-15(9-19)10-21-18-11-17(20-5-2-6-22(28)27(20)21)13-26(14-18)23(29)16-7-8-25-12-16;2-1-3/h1,3-4,7-9,12,17-18,20-21,25H,2,5-6,10-11,13-14H2;1H,(H,2,3)/t17-,18+,20+,21+;/m1./s1. The van der Waals surface area contributed by atoms with Crippen molar-refractivity contribution in [2.45, 2.75) is 44.2 Å². The third-order valence-electron chi connectivity index (χ3n) is 6.96. The molecule has 1 aromatic carbocycles. The number of rotatable bonds is 3. The average molecular weight is 442 g/mol. The first-order chi connectivity index (χ1) is 15.5. The van der Waals surface area contributed by atoms with Crippen molar-refractivity contribution in [2.24, 2.45) is 11.8 Å². The van der Waals surface area contributed by atoms with E-state index in [2.05, 4.69) is 9.88 Å². The van der Waals surface area contributed by atoms with Gasteiger partial charge >= 0.3 is 0 Å². The number of aromatic amines is 1. The van der Waals surface area contributed by atoms with Gasteiger partial charge in [-0.05, 0) is 61.3 Å². The highest BCUT2D eigenvalue weighted by Gasteiger charge is 2.49. The number of H-pyrrole nitrogens is 1. The maximum Gasteiger partial charge on any atom is 0.290 e. The number of benzene rings is 1. The van der Waals surface area contributed by atoms with Gasteiger partial charge in [0.05, 0.1) is 5.56 Å². The predicted molar refractivity (Wildman–Crippen MR) is 115 cm³/mol. The Morgan fingerprint density at radius 1 is 1.25 bits per heavy atom. The number of amides is 2. The van der Waals surface area contributed by atoms with Gasteiger partial charge in [0, 0.05) is 44.0 Å². The molecule has 0 saturated carbocycles. The quantitative estimate of drug-likeness (QED) is 0.717. The molecule has 170 valence electrons. The molecular formula is C24H28FN3O4. The van der Waals surface area contributed by atoms with Crippen LogP contribution >= 0.6 is 0 Å². The number of aromatic nitrogens is 1. The van der Waals surface area contributed by atoms with Crippen molar-refractivity contribution in [3.05, 3.63) is 59.7 Å². The van der Waals surface area contributed by atoms with Crippen molar-refractivity contribution in [3.8, 4) is 0 Å². The fourth-order valence-electron chi connectivity index (χ4n) is 5.75. The van der Waals surface area contributed by atoms with Crippen LogP contribution in [0.4, 0.5) is 4.39 Å². The maximum atomic E-state index is 13.8. The van der Waals surface area contributed by atoms with Crippen molar-refractivity contribution in [2.75, 3.05) is 13.1 Å². The summed E-state index contributed by atoms with van der Waals surface area (Å²) >= 11 is 0. The summed E-state index contributed by atoms with van der Waals surface area (Å²) in [6.45, 7) is 1.11. The highest BCUT2D eigenvalue weighted by molar-refractivity contribution is 5.94. The minimum atomic E-state index is -0.250. The summed E-state index contributed by atoms with van der Waals surface area (Å²) in [5.41, 5.74) is 1.60. The van der Waals surface area contributed by atoms with Gasteiger partial charge in [0.2, 0.25) is 5.91 Å². The highest BCUT2D eigenvalue weighted by Crippen LogP contribution is 2.42. The van der Waals surface area contributed by atoms with Crippen LogP contribution in [0.25, 0.3) is 0 Å². The minimum Gasteiger partial charge on any atom is -0.483 e. The molecule has 1 aromatic heterocycles. The number of fused-ring (bicyclic) bond motifs is 4. The van der Waals surface area contributed by atoms with E-state index in [1.54, 1.807) is 24.5 Å². The van der Waals surface area contributed by atoms with E-state index in [0.717, 1.165) is 24.8 Å². The van der Waals surface area contributed by atoms with E-state index in [1.165, 1.54) is 6.07 Å². The predicted octanol–water partition coefficient (Wildman–Crippen LogP) is 2.94. The van der Waals surface area contributed by atoms with Gasteiger partial charge in [-0.3, -0.25) is 14.4 Å². The zero-order valence-corrected chi connectivity index (χ0v) is 17.8. The van der Waals surface area contributed by atoms with Crippen LogP contribution in [0.3, 0.4) is 0 Å². The Morgan fingerprint density at radius 3 is 2.75 bits per heavy atom. The summed E-state index contributed by atoms with van der Waals surface area (Å²) in [5, 5.41) is 6.89. The lowest BCUT2D eigenvalue weighted by molar-refractivity contribution is -0.151. The number of hydrogen-bond donors (Lipinski definition) is 2. The number of carbonyl (C=O) groups excluding carboxylic acids is 2. The Bertz CT molecular complexity index is 964. The Morgan fingerprint density at radius 2 is 2.03 bits per heavy atom. The lowest BCUT2D eigenvalue weighted by atomic mass is 9.70. The normalized spacial score (nSPS) is 26.6. The maximum absolute atomic E-state index is 13.8. The van der Waals surface area contributed by atoms with E-state index in [0.29, 0.717) is 37.4 Å². The topological polar surface area (TPSA) is 93.7 Å². The molecule has 8 heteroatoms. The van der Waals surface area contributed by atoms with Crippen molar-refractivity contribution < 1.29 is 23.9 Å². The number of carbonyl (C=O) groups is 3. The van der Waals surface area contributed by atoms with Gasteiger partial charge < -0.3 is 19.9 Å². The van der Waals surface area contributed by atoms with Crippen LogP contribution < -0.4 is 0 Å². The van der Waals surface area contributed by atoms with Crippen molar-refractivity contribution in [1.29, 1.82) is 0 Å². The molecule has 3 fully saturated rings. The molecule has 3 aliphatic rings. The van der Waals surface area contributed by atoms with Gasteiger partial charge in [0.15, 0.2) is 0 Å². The molecule has 2 bridgehead atoms. The molecule has 2 aromatic rings. The lowest BCUT2D eigenvalue weighted by Crippen LogP contribution is -2.66. The van der Waals surface area contributed by atoms with E-state index in [4.69, 9.17) is 9.90 Å². The molecule has 2 N–H and O–H groups in total. The SMILES string of the molecule is O=C(c1cc[nH]c1)N1C[C@H]2C[C@@H](C1)[C@H](Cc1cccc(F)c1)N1C(=O)CCC[C@@H]21.O=CO. The Hall–Kier alpha value is -3.16. The molecule has 0 radical (unpaired) electrons. The first kappa shape index (κ1) is 22.0. The van der Waals surface area contributed by atoms with Crippen LogP contribution in [-0.2, 0) is 16.0 Å². The number of hydrogen-bond acceptors (Lipinski definition) is 3. The molecular weight excluding hydrogens is 413 g/mol. The van der Waals surface area contributed by atoms with Crippen LogP contribution in [0, 0.1) is 17.7 Å². The van der Waals surface area contributed by atoms with Crippen molar-refractivity contribution in [3.63, 3.8) is 0 Å². The van der Waals surface area contributed by atoms with Crippen LogP contribution in [0.2, 0.25) is 0 Å². The number of likely N-dealkylation sites (tertiary alicyclic amines) is 1. The van der Waals surface area contributed by atoms with E-state index in [1.807, 2.05) is 17.0 Å². The molecule has 32 heavy (non-hydrogen) atoms. The van der Waals surface area contributed by atoms with Gasteiger partial charge in [-0.25, -0.2) is 4.39 Å². The van der Waals surface area contributed by atoms with Crippen LogP contribution in [0.5, 0.6) is 0 Å². The van der Waals surface area contributed by atoms with Gasteiger partial charge in [-0.15, -0.1) is 0 Å². The Kier molecular flexibility index (Phi) is 6.58. The zero-order chi connectivity index (χ0) is 22.7. The van der Waals surface area contributed by atoms with Gasteiger partial charge in [0.25, 0.3) is 12.4 Å². The number of nitrogens with zero attached hydrogens (tertiary/aromatic N) is 2. The zero-order valence-electron chi connectivity index (χ0n) is 17.8. The second-order valence-electron chi connectivity index (χ2n) is 8.83. The summed E-state index contributed by atoms with van der Waals surface area (Å²) in [5.74, 6) is 0.581. The fraction of sp³-hybridized carbons (Fsp3) is 0.458. The molecule has 0 aliphatic carbocycles. The van der Waals surface area contributed by atoms with Crippen molar-refractivity contribution >= 4 is 18.3 Å². The molecule has 4 heterocycles. The van der Waals surface area contributed by atoms with E-state index < -0.39 is 0 Å². The Labute approximate surface area is 186 Å². The largest absolute Gasteiger partial charge is 0.483 e. The average Bonchev–Trinajstić information content (AvgIpc) is 3.32. The first-order valence-electron chi connectivity index (χ1n) is 11.1. The molecule has 4 atom stereocenters. The third kappa shape index (κ3) is 4.40. The molecule has 3 aliphatic heterocycles. The van der Waals surface area contributed by atoms with Crippen LogP contribution in [0.1, 0.15) is 41.6 Å². The van der Waals surface area contributed by atoms with Gasteiger partial charge in [-0.1, -0.05) is 12.1 Å². The number of piperidine rings is 3. The van der Waals surface area contributed by atoms with Crippen LogP contribution in [-0.4, -0.2) is 63.4 Å². The van der Waals surface area contributed by atoms with Gasteiger partial charge in [0.1, 0.15) is 5.82 Å². The monoisotopic (exact) mass is 441 g/mol. The first-order valence-corrected chi connectivity index (χ1v) is 11.1. The summed E-state index contributed by atoms with van der Waals surface area (Å²) in [6.07, 6.45) is 7.70. The van der Waals surface area contributed by atoms with Crippen LogP contribution in [0.15, 0.2) is 42.7 Å². The lowest BCUT2D eigenvalue weighted by Gasteiger charge is -2.56. The molecule has 5 rings (SSSR count). The number of nitrogens with one attached hydrogen (secondary N) is 1. The second-order valence-corrected chi connectivity index (χ2v) is 8.83. The van der Waals surface area contributed by atoms with E-state index in [-0.39, 0.29) is 42.1 Å². The highest BCUT2D eigenvalue weighted by atomic mass is 19.1. The van der Waals surface area contributed by atoms with E-state index >= 15 is 0 Å². The van der Waals surface area contributed by atoms with Crippen molar-refractivity contribution in [1.82, 2.24) is 14.8 Å². The number of halogens is 1. The minimum absolute atomic E-state index is 0.0210. The fourth-order valence-corrected chi connectivity index (χ4v) is 5.75. The molecule has 3 saturated heterocycles. The van der Waals surface area contributed by atoms with Gasteiger partial charge in [-0.2, -0.15) is 0 Å². The summed E-state index contributed by atoms with van der Waals surface area (Å²) in [6, 6.07) is 8.71. The smallest absolute Gasteiger partial charge is 0.290 e.